The molecule has 5 rings (SSSR count). The van der Waals surface area contributed by atoms with Gasteiger partial charge < -0.3 is 14.7 Å². The van der Waals surface area contributed by atoms with E-state index in [4.69, 9.17) is 0 Å². The van der Waals surface area contributed by atoms with Crippen molar-refractivity contribution in [2.24, 2.45) is 5.92 Å². The number of hydrogen-bond acceptors (Lipinski definition) is 6. The lowest BCUT2D eigenvalue weighted by Gasteiger charge is -2.39. The Morgan fingerprint density at radius 1 is 0.972 bits per heavy atom. The highest BCUT2D eigenvalue weighted by molar-refractivity contribution is 7.89. The zero-order valence-corrected chi connectivity index (χ0v) is 21.5. The minimum atomic E-state index is -3.73. The molecule has 0 bridgehead atoms. The Bertz CT molecular complexity index is 1230. The number of nitrogens with zero attached hydrogens (tertiary/aromatic N) is 5. The van der Waals surface area contributed by atoms with Crippen LogP contribution in [-0.2, 0) is 26.0 Å². The maximum atomic E-state index is 13.5. The fourth-order valence-electron chi connectivity index (χ4n) is 5.53. The molecule has 1 aromatic heterocycles. The Morgan fingerprint density at radius 2 is 1.78 bits per heavy atom. The van der Waals surface area contributed by atoms with Gasteiger partial charge in [0.2, 0.25) is 21.8 Å². The summed E-state index contributed by atoms with van der Waals surface area (Å²) >= 11 is 0. The van der Waals surface area contributed by atoms with Gasteiger partial charge >= 0.3 is 0 Å². The van der Waals surface area contributed by atoms with Gasteiger partial charge in [-0.25, -0.2) is 13.4 Å². The minimum Gasteiger partial charge on any atom is -0.353 e. The number of sulfonamides is 1. The van der Waals surface area contributed by atoms with Crippen LogP contribution in [0.5, 0.6) is 0 Å². The van der Waals surface area contributed by atoms with Gasteiger partial charge in [0.1, 0.15) is 5.82 Å². The maximum absolute atomic E-state index is 13.5. The number of aryl methyl sites for hydroxylation is 1. The summed E-state index contributed by atoms with van der Waals surface area (Å²) in [6.07, 6.45) is 4.68. The third-order valence-corrected chi connectivity index (χ3v) is 9.35. The highest BCUT2D eigenvalue weighted by Gasteiger charge is 2.36. The Kier molecular flexibility index (Phi) is 6.98. The number of fused-ring (bicyclic) bond motifs is 1. The van der Waals surface area contributed by atoms with Crippen LogP contribution in [0.3, 0.4) is 0 Å². The molecule has 0 N–H and O–H groups in total. The summed E-state index contributed by atoms with van der Waals surface area (Å²) in [5.41, 5.74) is 1.68. The van der Waals surface area contributed by atoms with E-state index >= 15 is 0 Å². The van der Waals surface area contributed by atoms with Crippen LogP contribution in [0.15, 0.2) is 47.5 Å². The van der Waals surface area contributed by atoms with Crippen LogP contribution < -0.4 is 9.80 Å². The molecule has 1 aromatic carbocycles. The van der Waals surface area contributed by atoms with Gasteiger partial charge in [-0.1, -0.05) is 6.07 Å². The molecule has 192 valence electrons. The van der Waals surface area contributed by atoms with Crippen LogP contribution in [0.1, 0.15) is 31.7 Å². The monoisotopic (exact) mass is 511 g/mol. The summed E-state index contributed by atoms with van der Waals surface area (Å²) in [6.45, 7) is 5.44. The fourth-order valence-corrected chi connectivity index (χ4v) is 7.10. The van der Waals surface area contributed by atoms with Crippen molar-refractivity contribution in [3.05, 3.63) is 48.2 Å². The molecule has 2 fully saturated rings. The first-order chi connectivity index (χ1) is 17.3. The minimum absolute atomic E-state index is 0.0372. The van der Waals surface area contributed by atoms with Crippen molar-refractivity contribution in [3.8, 4) is 0 Å². The smallest absolute Gasteiger partial charge is 0.243 e. The van der Waals surface area contributed by atoms with Gasteiger partial charge in [0.25, 0.3) is 0 Å². The molecule has 0 spiro atoms. The van der Waals surface area contributed by atoms with Gasteiger partial charge in [-0.3, -0.25) is 9.59 Å². The largest absolute Gasteiger partial charge is 0.353 e. The zero-order chi connectivity index (χ0) is 25.3. The standard InChI is InChI=1S/C26H33N5O4S/c1-20(32)31-13-5-6-21-18-23(9-10-24(21)31)36(34,35)30-12-4-7-22(19-30)26(33)29-16-14-28(15-17-29)25-8-2-3-11-27-25/h2-3,8-11,18,22H,4-7,12-17,19H2,1H3. The van der Waals surface area contributed by atoms with E-state index in [0.29, 0.717) is 52.1 Å². The lowest BCUT2D eigenvalue weighted by atomic mass is 9.98. The van der Waals surface area contributed by atoms with Gasteiger partial charge in [0, 0.05) is 64.6 Å². The molecular formula is C26H33N5O4S. The summed E-state index contributed by atoms with van der Waals surface area (Å²) in [7, 11) is -3.73. The molecule has 3 aliphatic heterocycles. The second-order valence-electron chi connectivity index (χ2n) is 9.77. The molecule has 0 radical (unpaired) electrons. The van der Waals surface area contributed by atoms with Crippen molar-refractivity contribution in [2.45, 2.75) is 37.5 Å². The lowest BCUT2D eigenvalue weighted by molar-refractivity contribution is -0.137. The Hall–Kier alpha value is -2.98. The van der Waals surface area contributed by atoms with Crippen molar-refractivity contribution in [2.75, 3.05) is 55.6 Å². The van der Waals surface area contributed by atoms with Crippen LogP contribution in [0.2, 0.25) is 0 Å². The molecule has 10 heteroatoms. The first-order valence-electron chi connectivity index (χ1n) is 12.7. The first kappa shape index (κ1) is 24.7. The molecule has 1 atom stereocenters. The summed E-state index contributed by atoms with van der Waals surface area (Å²) in [5.74, 6) is 0.583. The predicted molar refractivity (Wildman–Crippen MR) is 137 cm³/mol. The topological polar surface area (TPSA) is 94.1 Å². The first-order valence-corrected chi connectivity index (χ1v) is 14.1. The van der Waals surface area contributed by atoms with Crippen LogP contribution in [-0.4, -0.2) is 80.2 Å². The van der Waals surface area contributed by atoms with Crippen molar-refractivity contribution >= 4 is 33.3 Å². The average Bonchev–Trinajstić information content (AvgIpc) is 2.92. The van der Waals surface area contributed by atoms with Crippen molar-refractivity contribution in [3.63, 3.8) is 0 Å². The molecule has 0 saturated carbocycles. The zero-order valence-electron chi connectivity index (χ0n) is 20.7. The van der Waals surface area contributed by atoms with E-state index in [1.54, 1.807) is 29.3 Å². The quantitative estimate of drug-likeness (QED) is 0.624. The lowest BCUT2D eigenvalue weighted by Crippen LogP contribution is -2.53. The summed E-state index contributed by atoms with van der Waals surface area (Å²) in [5, 5.41) is 0. The van der Waals surface area contributed by atoms with E-state index in [-0.39, 0.29) is 29.2 Å². The van der Waals surface area contributed by atoms with Crippen LogP contribution >= 0.6 is 0 Å². The van der Waals surface area contributed by atoms with Crippen molar-refractivity contribution in [1.82, 2.24) is 14.2 Å². The molecule has 3 aliphatic rings. The normalized spacial score (nSPS) is 21.2. The molecular weight excluding hydrogens is 478 g/mol. The summed E-state index contributed by atoms with van der Waals surface area (Å²) in [6, 6.07) is 10.9. The van der Waals surface area contributed by atoms with E-state index in [1.165, 1.54) is 11.2 Å². The molecule has 2 aromatic rings. The second-order valence-corrected chi connectivity index (χ2v) is 11.7. The molecule has 1 unspecified atom stereocenters. The van der Waals surface area contributed by atoms with Gasteiger partial charge in [0.15, 0.2) is 0 Å². The van der Waals surface area contributed by atoms with E-state index in [1.807, 2.05) is 23.1 Å². The Balaban J connectivity index is 1.25. The number of carbonyl (C=O) groups excluding carboxylic acids is 2. The second kappa shape index (κ2) is 10.2. The van der Waals surface area contributed by atoms with E-state index < -0.39 is 10.0 Å². The number of rotatable bonds is 4. The predicted octanol–water partition coefficient (Wildman–Crippen LogP) is 2.13. The number of piperidine rings is 1. The molecule has 2 saturated heterocycles. The van der Waals surface area contributed by atoms with Crippen molar-refractivity contribution in [1.29, 1.82) is 0 Å². The van der Waals surface area contributed by atoms with E-state index in [9.17, 15) is 18.0 Å². The number of piperazine rings is 1. The fraction of sp³-hybridized carbons (Fsp3) is 0.500. The van der Waals surface area contributed by atoms with E-state index in [2.05, 4.69) is 9.88 Å². The number of hydrogen-bond donors (Lipinski definition) is 0. The average molecular weight is 512 g/mol. The molecule has 2 amide bonds. The number of amides is 2. The third kappa shape index (κ3) is 4.84. The number of anilines is 2. The highest BCUT2D eigenvalue weighted by Crippen LogP contribution is 2.32. The highest BCUT2D eigenvalue weighted by atomic mass is 32.2. The van der Waals surface area contributed by atoms with Crippen LogP contribution in [0.25, 0.3) is 0 Å². The Labute approximate surface area is 212 Å². The number of benzene rings is 1. The number of pyridine rings is 1. The van der Waals surface area contributed by atoms with Gasteiger partial charge in [-0.05, 0) is 61.6 Å². The number of aromatic nitrogens is 1. The SMILES string of the molecule is CC(=O)N1CCCc2cc(S(=O)(=O)N3CCCC(C(=O)N4CCN(c5ccccn5)CC4)C3)ccc21. The molecule has 9 nitrogen and oxygen atoms in total. The van der Waals surface area contributed by atoms with Gasteiger partial charge in [-0.2, -0.15) is 4.31 Å². The summed E-state index contributed by atoms with van der Waals surface area (Å²) < 4.78 is 28.5. The molecule has 0 aliphatic carbocycles. The van der Waals surface area contributed by atoms with Crippen LogP contribution in [0, 0.1) is 5.92 Å². The van der Waals surface area contributed by atoms with E-state index in [0.717, 1.165) is 29.9 Å². The Morgan fingerprint density at radius 3 is 2.50 bits per heavy atom. The molecule has 4 heterocycles. The van der Waals surface area contributed by atoms with Gasteiger partial charge in [0.05, 0.1) is 10.8 Å². The van der Waals surface area contributed by atoms with Crippen molar-refractivity contribution < 1.29 is 18.0 Å². The third-order valence-electron chi connectivity index (χ3n) is 7.49. The number of carbonyl (C=O) groups is 2. The van der Waals surface area contributed by atoms with Gasteiger partial charge in [-0.15, -0.1) is 0 Å². The maximum Gasteiger partial charge on any atom is 0.243 e. The van der Waals surface area contributed by atoms with Crippen LogP contribution in [0.4, 0.5) is 11.5 Å². The summed E-state index contributed by atoms with van der Waals surface area (Å²) in [4.78, 5) is 35.7. The molecule has 36 heavy (non-hydrogen) atoms.